The lowest BCUT2D eigenvalue weighted by atomic mass is 9.84. The second-order valence-corrected chi connectivity index (χ2v) is 7.77. The summed E-state index contributed by atoms with van der Waals surface area (Å²) < 4.78 is 5.38. The normalized spacial score (nSPS) is 19.3. The maximum absolute atomic E-state index is 11.9. The first-order chi connectivity index (χ1) is 10.8. The highest BCUT2D eigenvalue weighted by Crippen LogP contribution is 2.32. The number of nitrogens with zero attached hydrogens (tertiary/aromatic N) is 2. The van der Waals surface area contributed by atoms with E-state index in [4.69, 9.17) is 4.74 Å². The van der Waals surface area contributed by atoms with Crippen LogP contribution >= 0.6 is 0 Å². The van der Waals surface area contributed by atoms with Gasteiger partial charge < -0.3 is 19.6 Å². The molecule has 126 valence electrons. The number of ether oxygens (including phenoxy) is 1. The van der Waals surface area contributed by atoms with Crippen molar-refractivity contribution in [3.05, 3.63) is 24.3 Å². The number of phenols is 1. The van der Waals surface area contributed by atoms with Crippen molar-refractivity contribution in [2.45, 2.75) is 32.8 Å². The first kappa shape index (κ1) is 16.0. The summed E-state index contributed by atoms with van der Waals surface area (Å²) in [5.74, 6) is 1.62. The van der Waals surface area contributed by atoms with Gasteiger partial charge in [0, 0.05) is 31.9 Å². The maximum Gasteiger partial charge on any atom is 0.410 e. The Morgan fingerprint density at radius 1 is 1.13 bits per heavy atom. The Morgan fingerprint density at radius 2 is 1.70 bits per heavy atom. The minimum Gasteiger partial charge on any atom is -0.508 e. The molecule has 1 aromatic carbocycles. The van der Waals surface area contributed by atoms with Crippen molar-refractivity contribution in [1.29, 1.82) is 0 Å². The molecule has 2 heterocycles. The minimum atomic E-state index is -0.416. The first-order valence-corrected chi connectivity index (χ1v) is 8.32. The van der Waals surface area contributed by atoms with Crippen molar-refractivity contribution in [3.8, 4) is 5.75 Å². The van der Waals surface area contributed by atoms with Crippen LogP contribution in [0.3, 0.4) is 0 Å². The molecule has 1 aromatic rings. The van der Waals surface area contributed by atoms with Gasteiger partial charge in [0.05, 0.1) is 0 Å². The molecule has 2 aliphatic rings. The van der Waals surface area contributed by atoms with Crippen LogP contribution in [0.4, 0.5) is 10.5 Å². The predicted octanol–water partition coefficient (Wildman–Crippen LogP) is 3.09. The molecule has 0 aromatic heterocycles. The molecule has 2 fully saturated rings. The molecule has 0 spiro atoms. The smallest absolute Gasteiger partial charge is 0.410 e. The van der Waals surface area contributed by atoms with E-state index in [9.17, 15) is 9.90 Å². The van der Waals surface area contributed by atoms with Crippen LogP contribution in [0.5, 0.6) is 5.75 Å². The van der Waals surface area contributed by atoms with Crippen molar-refractivity contribution < 1.29 is 14.6 Å². The van der Waals surface area contributed by atoms with E-state index in [2.05, 4.69) is 4.90 Å². The first-order valence-electron chi connectivity index (χ1n) is 8.32. The van der Waals surface area contributed by atoms with Crippen LogP contribution in [0.15, 0.2) is 24.3 Å². The SMILES string of the molecule is CC(C)(C)OC(=O)N1CC(CC2CN(c3ccc(O)cc3)C2)C1. The second-order valence-electron chi connectivity index (χ2n) is 7.77. The number of amides is 1. The third-order valence-corrected chi connectivity index (χ3v) is 4.45. The van der Waals surface area contributed by atoms with E-state index in [0.717, 1.165) is 26.2 Å². The van der Waals surface area contributed by atoms with E-state index in [0.29, 0.717) is 17.6 Å². The summed E-state index contributed by atoms with van der Waals surface area (Å²) in [6.07, 6.45) is 0.988. The van der Waals surface area contributed by atoms with Crippen LogP contribution in [-0.2, 0) is 4.74 Å². The van der Waals surface area contributed by atoms with Crippen LogP contribution in [0.2, 0.25) is 0 Å². The molecule has 0 unspecified atom stereocenters. The molecule has 0 atom stereocenters. The summed E-state index contributed by atoms with van der Waals surface area (Å²) in [6.45, 7) is 9.47. The van der Waals surface area contributed by atoms with Gasteiger partial charge in [0.1, 0.15) is 11.4 Å². The summed E-state index contributed by atoms with van der Waals surface area (Å²) in [7, 11) is 0. The van der Waals surface area contributed by atoms with Crippen molar-refractivity contribution >= 4 is 11.8 Å². The molecule has 23 heavy (non-hydrogen) atoms. The van der Waals surface area contributed by atoms with Gasteiger partial charge in [0.25, 0.3) is 0 Å². The number of carbonyl (C=O) groups is 1. The fourth-order valence-corrected chi connectivity index (χ4v) is 3.26. The van der Waals surface area contributed by atoms with Gasteiger partial charge >= 0.3 is 6.09 Å². The van der Waals surface area contributed by atoms with Crippen molar-refractivity contribution in [2.75, 3.05) is 31.1 Å². The zero-order valence-corrected chi connectivity index (χ0v) is 14.2. The summed E-state index contributed by atoms with van der Waals surface area (Å²) in [4.78, 5) is 16.0. The lowest BCUT2D eigenvalue weighted by Gasteiger charge is -2.46. The van der Waals surface area contributed by atoms with Crippen molar-refractivity contribution in [3.63, 3.8) is 0 Å². The number of aromatic hydroxyl groups is 1. The second kappa shape index (κ2) is 5.95. The molecule has 1 amide bonds. The van der Waals surface area contributed by atoms with E-state index >= 15 is 0 Å². The number of hydrogen-bond donors (Lipinski definition) is 1. The van der Waals surface area contributed by atoms with Crippen molar-refractivity contribution in [1.82, 2.24) is 4.90 Å². The summed E-state index contributed by atoms with van der Waals surface area (Å²) in [6, 6.07) is 7.37. The highest BCUT2D eigenvalue weighted by atomic mass is 16.6. The van der Waals surface area contributed by atoms with Crippen LogP contribution in [0.25, 0.3) is 0 Å². The summed E-state index contributed by atoms with van der Waals surface area (Å²) in [5.41, 5.74) is 0.754. The van der Waals surface area contributed by atoms with Gasteiger partial charge in [0.2, 0.25) is 0 Å². The molecule has 0 saturated carbocycles. The van der Waals surface area contributed by atoms with Gasteiger partial charge in [-0.05, 0) is 63.3 Å². The number of likely N-dealkylation sites (tertiary alicyclic amines) is 1. The summed E-state index contributed by atoms with van der Waals surface area (Å²) >= 11 is 0. The number of carbonyl (C=O) groups excluding carboxylic acids is 1. The lowest BCUT2D eigenvalue weighted by molar-refractivity contribution is -0.00509. The molecule has 5 nitrogen and oxygen atoms in total. The lowest BCUT2D eigenvalue weighted by Crippen LogP contribution is -2.55. The predicted molar refractivity (Wildman–Crippen MR) is 89.7 cm³/mol. The highest BCUT2D eigenvalue weighted by molar-refractivity contribution is 5.69. The number of anilines is 1. The van der Waals surface area contributed by atoms with E-state index in [-0.39, 0.29) is 6.09 Å². The highest BCUT2D eigenvalue weighted by Gasteiger charge is 2.37. The molecule has 0 radical (unpaired) electrons. The average molecular weight is 318 g/mol. The molecule has 2 saturated heterocycles. The van der Waals surface area contributed by atoms with Crippen LogP contribution in [0.1, 0.15) is 27.2 Å². The quantitative estimate of drug-likeness (QED) is 0.930. The van der Waals surface area contributed by atoms with E-state index in [1.807, 2.05) is 32.9 Å². The molecule has 5 heteroatoms. The Hall–Kier alpha value is -1.91. The topological polar surface area (TPSA) is 53.0 Å². The third-order valence-electron chi connectivity index (χ3n) is 4.45. The fraction of sp³-hybridized carbons (Fsp3) is 0.611. The van der Waals surface area contributed by atoms with Gasteiger partial charge in [-0.1, -0.05) is 0 Å². The zero-order chi connectivity index (χ0) is 16.6. The van der Waals surface area contributed by atoms with E-state index < -0.39 is 5.60 Å². The molecule has 1 N–H and O–H groups in total. The Balaban J connectivity index is 1.36. The Labute approximate surface area is 137 Å². The number of benzene rings is 1. The average Bonchev–Trinajstić information content (AvgIpc) is 2.34. The molecule has 0 aliphatic carbocycles. The fourth-order valence-electron chi connectivity index (χ4n) is 3.26. The molecular formula is C18H26N2O3. The van der Waals surface area contributed by atoms with Gasteiger partial charge in [-0.3, -0.25) is 0 Å². The largest absolute Gasteiger partial charge is 0.508 e. The third kappa shape index (κ3) is 3.89. The zero-order valence-electron chi connectivity index (χ0n) is 14.2. The Bertz CT molecular complexity index is 553. The van der Waals surface area contributed by atoms with Gasteiger partial charge in [-0.25, -0.2) is 4.79 Å². The molecular weight excluding hydrogens is 292 g/mol. The minimum absolute atomic E-state index is 0.187. The van der Waals surface area contributed by atoms with Gasteiger partial charge in [-0.2, -0.15) is 0 Å². The maximum atomic E-state index is 11.9. The van der Waals surface area contributed by atoms with Crippen LogP contribution < -0.4 is 4.90 Å². The molecule has 0 bridgehead atoms. The Morgan fingerprint density at radius 3 is 2.26 bits per heavy atom. The van der Waals surface area contributed by atoms with Crippen LogP contribution in [-0.4, -0.2) is 47.9 Å². The number of rotatable bonds is 3. The number of hydrogen-bond acceptors (Lipinski definition) is 4. The number of phenolic OH excluding ortho intramolecular Hbond substituents is 1. The summed E-state index contributed by atoms with van der Waals surface area (Å²) in [5, 5.41) is 9.32. The Kier molecular flexibility index (Phi) is 4.13. The van der Waals surface area contributed by atoms with E-state index in [1.165, 1.54) is 12.1 Å². The van der Waals surface area contributed by atoms with Crippen molar-refractivity contribution in [2.24, 2.45) is 11.8 Å². The van der Waals surface area contributed by atoms with Gasteiger partial charge in [0.15, 0.2) is 0 Å². The monoisotopic (exact) mass is 318 g/mol. The molecule has 2 aliphatic heterocycles. The standard InChI is InChI=1S/C18H26N2O3/c1-18(2,3)23-17(22)20-11-14(12-20)8-13-9-19(10-13)15-4-6-16(21)7-5-15/h4-7,13-14,21H,8-12H2,1-3H3. The molecule has 3 rings (SSSR count). The van der Waals surface area contributed by atoms with Gasteiger partial charge in [-0.15, -0.1) is 0 Å². The van der Waals surface area contributed by atoms with Crippen LogP contribution in [0, 0.1) is 11.8 Å². The van der Waals surface area contributed by atoms with E-state index in [1.54, 1.807) is 17.0 Å².